The standard InChI is InChI=1S/C36H50N2O9S2/c1-5-7-9-13-25(39)18-29(41)46-27-15-11-12-23-20-35(48-3)33(43)38-32-24(21-36(38,49-4)34(44)37(35)31(23)27)22-45-17-16-28(32)47-30(42)19-26(40)14-10-8-6-2/h11-12,15-17,22,25-28,31-32,39-40H,5-10,13-14,18-21H2,1-4H3. The van der Waals surface area contributed by atoms with Crippen LogP contribution in [0.15, 0.2) is 48.0 Å². The third-order valence-electron chi connectivity index (χ3n) is 10.2. The van der Waals surface area contributed by atoms with Crippen molar-refractivity contribution in [3.63, 3.8) is 0 Å². The van der Waals surface area contributed by atoms with Crippen LogP contribution in [-0.2, 0) is 33.4 Å². The Morgan fingerprint density at radius 1 is 0.837 bits per heavy atom. The van der Waals surface area contributed by atoms with Gasteiger partial charge in [-0.1, -0.05) is 64.5 Å². The highest BCUT2D eigenvalue weighted by atomic mass is 32.2. The average molecular weight is 719 g/mol. The molecule has 2 amide bonds. The largest absolute Gasteiger partial charge is 0.473 e. The van der Waals surface area contributed by atoms with Crippen LogP contribution in [0, 0.1) is 0 Å². The molecule has 5 aliphatic rings. The van der Waals surface area contributed by atoms with Crippen molar-refractivity contribution >= 4 is 47.3 Å². The lowest BCUT2D eigenvalue weighted by atomic mass is 9.96. The first-order valence-electron chi connectivity index (χ1n) is 17.5. The van der Waals surface area contributed by atoms with Crippen LogP contribution in [0.1, 0.15) is 90.9 Å². The second kappa shape index (κ2) is 16.1. The Kier molecular flexibility index (Phi) is 12.3. The summed E-state index contributed by atoms with van der Waals surface area (Å²) < 4.78 is 17.5. The summed E-state index contributed by atoms with van der Waals surface area (Å²) >= 11 is 2.51. The Balaban J connectivity index is 1.41. The molecular weight excluding hydrogens is 669 g/mol. The van der Waals surface area contributed by atoms with E-state index < -0.39 is 58.2 Å². The van der Waals surface area contributed by atoms with Gasteiger partial charge in [-0.3, -0.25) is 19.2 Å². The average Bonchev–Trinajstić information content (AvgIpc) is 3.54. The number of nitrogens with zero attached hydrogens (tertiary/aromatic N) is 2. The van der Waals surface area contributed by atoms with E-state index in [2.05, 4.69) is 13.8 Å². The summed E-state index contributed by atoms with van der Waals surface area (Å²) in [6.07, 6.45) is 16.7. The number of thioether (sulfide) groups is 2. The van der Waals surface area contributed by atoms with Crippen molar-refractivity contribution in [3.05, 3.63) is 48.0 Å². The predicted octanol–water partition coefficient (Wildman–Crippen LogP) is 4.73. The topological polar surface area (TPSA) is 143 Å². The van der Waals surface area contributed by atoms with Gasteiger partial charge in [0.15, 0.2) is 9.74 Å². The number of unbranched alkanes of at least 4 members (excludes halogenated alkanes) is 4. The van der Waals surface area contributed by atoms with E-state index in [1.807, 2.05) is 6.08 Å². The van der Waals surface area contributed by atoms with Gasteiger partial charge < -0.3 is 34.2 Å². The van der Waals surface area contributed by atoms with E-state index in [-0.39, 0.29) is 37.5 Å². The molecule has 0 aromatic rings. The Bertz CT molecular complexity index is 1400. The number of aliphatic hydroxyl groups is 2. The minimum atomic E-state index is -1.37. The van der Waals surface area contributed by atoms with E-state index in [0.717, 1.165) is 44.1 Å². The molecule has 8 atom stereocenters. The number of allylic oxidation sites excluding steroid dienone is 2. The van der Waals surface area contributed by atoms with Crippen LogP contribution >= 0.6 is 23.5 Å². The molecule has 270 valence electrons. The summed E-state index contributed by atoms with van der Waals surface area (Å²) in [7, 11) is 0. The first-order chi connectivity index (χ1) is 23.6. The second-order valence-electron chi connectivity index (χ2n) is 13.5. The Morgan fingerprint density at radius 2 is 1.33 bits per heavy atom. The van der Waals surface area contributed by atoms with Gasteiger partial charge in [0.1, 0.15) is 12.2 Å². The number of carbonyl (C=O) groups excluding carboxylic acids is 4. The van der Waals surface area contributed by atoms with E-state index in [1.54, 1.807) is 40.5 Å². The molecule has 4 aliphatic heterocycles. The maximum absolute atomic E-state index is 15.1. The van der Waals surface area contributed by atoms with Crippen LogP contribution in [0.4, 0.5) is 0 Å². The molecule has 0 aromatic heterocycles. The molecule has 4 heterocycles. The molecule has 3 saturated heterocycles. The number of piperazine rings is 1. The zero-order valence-corrected chi connectivity index (χ0v) is 30.5. The molecule has 3 fully saturated rings. The van der Waals surface area contributed by atoms with Crippen LogP contribution in [0.2, 0.25) is 0 Å². The van der Waals surface area contributed by atoms with Crippen LogP contribution in [0.5, 0.6) is 0 Å². The predicted molar refractivity (Wildman–Crippen MR) is 188 cm³/mol. The summed E-state index contributed by atoms with van der Waals surface area (Å²) in [4.78, 5) is 56.7. The zero-order chi connectivity index (χ0) is 35.3. The number of hydrogen-bond donors (Lipinski definition) is 2. The summed E-state index contributed by atoms with van der Waals surface area (Å²) in [5, 5.41) is 20.9. The van der Waals surface area contributed by atoms with Gasteiger partial charge in [0, 0.05) is 12.8 Å². The molecule has 0 saturated carbocycles. The molecule has 5 rings (SSSR count). The molecule has 2 N–H and O–H groups in total. The van der Waals surface area contributed by atoms with Gasteiger partial charge in [0.2, 0.25) is 0 Å². The Morgan fingerprint density at radius 3 is 1.84 bits per heavy atom. The van der Waals surface area contributed by atoms with Gasteiger partial charge >= 0.3 is 11.9 Å². The summed E-state index contributed by atoms with van der Waals surface area (Å²) in [5.41, 5.74) is 1.44. The van der Waals surface area contributed by atoms with Gasteiger partial charge in [0.25, 0.3) is 11.8 Å². The monoisotopic (exact) mass is 718 g/mol. The Labute approximate surface area is 297 Å². The fourth-order valence-electron chi connectivity index (χ4n) is 7.73. The number of esters is 2. The lowest BCUT2D eigenvalue weighted by molar-refractivity contribution is -0.172. The normalized spacial score (nSPS) is 31.1. The molecule has 49 heavy (non-hydrogen) atoms. The maximum atomic E-state index is 15.1. The lowest BCUT2D eigenvalue weighted by Gasteiger charge is -2.54. The van der Waals surface area contributed by atoms with Crippen LogP contribution in [-0.4, -0.2) is 103 Å². The highest BCUT2D eigenvalue weighted by Gasteiger charge is 2.73. The molecule has 0 aromatic carbocycles. The number of ether oxygens (including phenoxy) is 3. The van der Waals surface area contributed by atoms with Gasteiger partial charge in [-0.25, -0.2) is 0 Å². The molecular formula is C36H50N2O9S2. The first kappa shape index (κ1) is 37.5. The summed E-state index contributed by atoms with van der Waals surface area (Å²) in [6, 6.07) is -1.49. The zero-order valence-electron chi connectivity index (χ0n) is 28.9. The number of carbonyl (C=O) groups is 4. The van der Waals surface area contributed by atoms with Crippen LogP contribution in [0.3, 0.4) is 0 Å². The van der Waals surface area contributed by atoms with E-state index in [4.69, 9.17) is 14.2 Å². The summed E-state index contributed by atoms with van der Waals surface area (Å²) in [5.74, 6) is -1.75. The molecule has 1 aliphatic carbocycles. The van der Waals surface area contributed by atoms with Crippen molar-refractivity contribution in [2.24, 2.45) is 0 Å². The fraction of sp³-hybridized carbons (Fsp3) is 0.667. The van der Waals surface area contributed by atoms with Gasteiger partial charge in [0.05, 0.1) is 49.7 Å². The van der Waals surface area contributed by atoms with Crippen molar-refractivity contribution in [2.45, 2.75) is 137 Å². The number of hydrogen-bond acceptors (Lipinski definition) is 11. The van der Waals surface area contributed by atoms with E-state index >= 15 is 9.59 Å². The smallest absolute Gasteiger partial charge is 0.309 e. The maximum Gasteiger partial charge on any atom is 0.309 e. The van der Waals surface area contributed by atoms with Crippen molar-refractivity contribution in [1.29, 1.82) is 0 Å². The number of aliphatic hydroxyl groups excluding tert-OH is 2. The minimum Gasteiger partial charge on any atom is -0.473 e. The van der Waals surface area contributed by atoms with Crippen molar-refractivity contribution < 1.29 is 43.6 Å². The third kappa shape index (κ3) is 7.23. The lowest BCUT2D eigenvalue weighted by Crippen LogP contribution is -2.74. The quantitative estimate of drug-likeness (QED) is 0.169. The molecule has 0 spiro atoms. The van der Waals surface area contributed by atoms with E-state index in [9.17, 15) is 19.8 Å². The number of amides is 2. The Hall–Kier alpha value is -2.74. The highest BCUT2D eigenvalue weighted by molar-refractivity contribution is 8.01. The number of fused-ring (bicyclic) bond motifs is 6. The SMILES string of the molecule is CCCCCC(O)CC(=O)OC1C=CC=C2CC3(SC)C(=O)N4C5C(=COC=CC5OC(=O)CC(O)CCCCC)CC4(SC)C(=O)N3C21. The first-order valence-corrected chi connectivity index (χ1v) is 19.9. The van der Waals surface area contributed by atoms with Crippen LogP contribution < -0.4 is 0 Å². The van der Waals surface area contributed by atoms with E-state index in [0.29, 0.717) is 18.4 Å². The molecule has 11 nitrogen and oxygen atoms in total. The fourth-order valence-corrected chi connectivity index (χ4v) is 9.69. The van der Waals surface area contributed by atoms with E-state index in [1.165, 1.54) is 36.0 Å². The van der Waals surface area contributed by atoms with Crippen LogP contribution in [0.25, 0.3) is 0 Å². The van der Waals surface area contributed by atoms with Gasteiger partial charge in [-0.2, -0.15) is 0 Å². The molecule has 0 radical (unpaired) electrons. The van der Waals surface area contributed by atoms with Gasteiger partial charge in [-0.15, -0.1) is 23.5 Å². The molecule has 13 heteroatoms. The molecule has 8 unspecified atom stereocenters. The minimum absolute atomic E-state index is 0.149. The highest BCUT2D eigenvalue weighted by Crippen LogP contribution is 2.59. The second-order valence-corrected chi connectivity index (χ2v) is 15.6. The van der Waals surface area contributed by atoms with Gasteiger partial charge in [-0.05, 0) is 48.7 Å². The molecule has 0 bridgehead atoms. The number of rotatable bonds is 16. The van der Waals surface area contributed by atoms with Crippen molar-refractivity contribution in [1.82, 2.24) is 9.80 Å². The van der Waals surface area contributed by atoms with Crippen molar-refractivity contribution in [2.75, 3.05) is 12.5 Å². The third-order valence-corrected chi connectivity index (χ3v) is 12.6. The summed E-state index contributed by atoms with van der Waals surface area (Å²) in [6.45, 7) is 4.14. The van der Waals surface area contributed by atoms with Crippen molar-refractivity contribution in [3.8, 4) is 0 Å².